The van der Waals surface area contributed by atoms with Gasteiger partial charge in [-0.1, -0.05) is 86.6 Å². The maximum atomic E-state index is 13.7. The zero-order valence-electron chi connectivity index (χ0n) is 20.5. The Morgan fingerprint density at radius 2 is 1.29 bits per heavy atom. The lowest BCUT2D eigenvalue weighted by Gasteiger charge is -2.31. The van der Waals surface area contributed by atoms with Crippen molar-refractivity contribution < 1.29 is 9.59 Å². The van der Waals surface area contributed by atoms with Crippen LogP contribution in [0.3, 0.4) is 0 Å². The van der Waals surface area contributed by atoms with E-state index in [0.717, 1.165) is 45.4 Å². The third-order valence-corrected chi connectivity index (χ3v) is 7.67. The summed E-state index contributed by atoms with van der Waals surface area (Å²) in [6, 6.07) is 24.5. The van der Waals surface area contributed by atoms with Crippen molar-refractivity contribution in [1.29, 1.82) is 0 Å². The van der Waals surface area contributed by atoms with Gasteiger partial charge in [0.25, 0.3) is 0 Å². The lowest BCUT2D eigenvalue weighted by molar-refractivity contribution is -0.115. The van der Waals surface area contributed by atoms with Crippen LogP contribution in [0.1, 0.15) is 60.1 Å². The fourth-order valence-corrected chi connectivity index (χ4v) is 6.06. The summed E-state index contributed by atoms with van der Waals surface area (Å²) >= 11 is 4.91. The molecule has 1 unspecified atom stereocenters. The molecule has 0 bridgehead atoms. The highest BCUT2D eigenvalue weighted by Gasteiger charge is 2.37. The molecule has 176 valence electrons. The maximum absolute atomic E-state index is 13.7. The number of carbonyl (C=O) groups is 2. The van der Waals surface area contributed by atoms with Crippen LogP contribution >= 0.6 is 12.6 Å². The minimum Gasteiger partial charge on any atom is -0.294 e. The molecular weight excluding hydrogens is 448 g/mol. The van der Waals surface area contributed by atoms with E-state index in [2.05, 4.69) is 44.2 Å². The molecule has 2 aliphatic rings. The van der Waals surface area contributed by atoms with E-state index in [1.165, 1.54) is 5.56 Å². The Balaban J connectivity index is 1.74. The van der Waals surface area contributed by atoms with Crippen molar-refractivity contribution in [2.75, 3.05) is 0 Å². The Morgan fingerprint density at radius 3 is 1.91 bits per heavy atom. The summed E-state index contributed by atoms with van der Waals surface area (Å²) in [5.41, 5.74) is 8.63. The number of hydrogen-bond acceptors (Lipinski definition) is 3. The van der Waals surface area contributed by atoms with E-state index >= 15 is 0 Å². The van der Waals surface area contributed by atoms with Crippen molar-refractivity contribution in [3.8, 4) is 0 Å². The van der Waals surface area contributed by atoms with Crippen LogP contribution in [0.4, 0.5) is 0 Å². The quantitative estimate of drug-likeness (QED) is 0.399. The van der Waals surface area contributed by atoms with E-state index < -0.39 is 5.92 Å². The molecule has 0 N–H and O–H groups in total. The molecule has 0 saturated heterocycles. The molecule has 0 radical (unpaired) electrons. The van der Waals surface area contributed by atoms with Gasteiger partial charge in [-0.25, -0.2) is 0 Å². The second-order valence-electron chi connectivity index (χ2n) is 10.1. The highest BCUT2D eigenvalue weighted by atomic mass is 32.1. The molecule has 0 amide bonds. The van der Waals surface area contributed by atoms with Crippen LogP contribution in [-0.4, -0.2) is 11.6 Å². The minimum atomic E-state index is -0.447. The van der Waals surface area contributed by atoms with Gasteiger partial charge in [0.15, 0.2) is 11.6 Å². The first-order valence-electron chi connectivity index (χ1n) is 12.3. The van der Waals surface area contributed by atoms with E-state index in [4.69, 9.17) is 12.6 Å². The predicted octanol–water partition coefficient (Wildman–Crippen LogP) is 7.03. The number of rotatable bonds is 5. The van der Waals surface area contributed by atoms with Crippen molar-refractivity contribution >= 4 is 34.7 Å². The zero-order valence-corrected chi connectivity index (χ0v) is 21.4. The van der Waals surface area contributed by atoms with E-state index in [9.17, 15) is 9.59 Å². The van der Waals surface area contributed by atoms with Crippen molar-refractivity contribution in [1.82, 2.24) is 0 Å². The fraction of sp³-hybridized carbons (Fsp3) is 0.250. The average Bonchev–Trinajstić information content (AvgIpc) is 2.83. The summed E-state index contributed by atoms with van der Waals surface area (Å²) in [5.74, 6) is 0.230. The number of hydrogen-bond donors (Lipinski definition) is 1. The van der Waals surface area contributed by atoms with Gasteiger partial charge in [0.05, 0.1) is 0 Å². The SMILES string of the molecule is CC1=C(C(C2=C(S)c3ccccc3CC2=O)c2ccc(CC(C)C)cc2)C(=O)Cc2ccccc21. The average molecular weight is 479 g/mol. The molecule has 1 atom stereocenters. The van der Waals surface area contributed by atoms with Crippen LogP contribution in [0.5, 0.6) is 0 Å². The number of allylic oxidation sites excluding steroid dienone is 3. The third-order valence-electron chi connectivity index (χ3n) is 7.19. The summed E-state index contributed by atoms with van der Waals surface area (Å²) < 4.78 is 0. The van der Waals surface area contributed by atoms with Gasteiger partial charge in [-0.2, -0.15) is 0 Å². The molecule has 0 heterocycles. The number of Topliss-reactive ketones (excluding diaryl/α,β-unsaturated/α-hetero) is 2. The van der Waals surface area contributed by atoms with E-state index in [-0.39, 0.29) is 11.6 Å². The van der Waals surface area contributed by atoms with Crippen molar-refractivity contribution in [2.45, 2.75) is 46.0 Å². The minimum absolute atomic E-state index is 0.0388. The monoisotopic (exact) mass is 478 g/mol. The largest absolute Gasteiger partial charge is 0.294 e. The number of benzene rings is 3. The van der Waals surface area contributed by atoms with Crippen molar-refractivity contribution in [2.24, 2.45) is 5.92 Å². The van der Waals surface area contributed by atoms with Crippen LogP contribution in [0.2, 0.25) is 0 Å². The van der Waals surface area contributed by atoms with Crippen LogP contribution < -0.4 is 0 Å². The summed E-state index contributed by atoms with van der Waals surface area (Å²) in [7, 11) is 0. The summed E-state index contributed by atoms with van der Waals surface area (Å²) in [6.07, 6.45) is 1.67. The van der Waals surface area contributed by atoms with Gasteiger partial charge in [0.2, 0.25) is 0 Å². The summed E-state index contributed by atoms with van der Waals surface area (Å²) in [5, 5.41) is 0. The Labute approximate surface area is 213 Å². The van der Waals surface area contributed by atoms with Crippen LogP contribution in [0.15, 0.2) is 83.9 Å². The van der Waals surface area contributed by atoms with Crippen LogP contribution in [0.25, 0.3) is 10.5 Å². The lowest BCUT2D eigenvalue weighted by atomic mass is 9.71. The molecule has 35 heavy (non-hydrogen) atoms. The fourth-order valence-electron chi connectivity index (χ4n) is 5.58. The normalized spacial score (nSPS) is 16.5. The first kappa shape index (κ1) is 23.6. The highest BCUT2D eigenvalue weighted by molar-refractivity contribution is 7.90. The molecular formula is C32H30O2S. The van der Waals surface area contributed by atoms with Gasteiger partial charge in [-0.05, 0) is 58.2 Å². The second-order valence-corrected chi connectivity index (χ2v) is 10.5. The Hall–Kier alpha value is -3.17. The molecule has 3 aromatic carbocycles. The maximum Gasteiger partial charge on any atom is 0.165 e. The Bertz CT molecular complexity index is 1310. The smallest absolute Gasteiger partial charge is 0.165 e. The molecule has 5 rings (SSSR count). The first-order chi connectivity index (χ1) is 16.8. The van der Waals surface area contributed by atoms with Crippen molar-refractivity contribution in [3.05, 3.63) is 117 Å². The molecule has 0 saturated carbocycles. The van der Waals surface area contributed by atoms with E-state index in [1.807, 2.05) is 49.4 Å². The third kappa shape index (κ3) is 4.34. The zero-order chi connectivity index (χ0) is 24.7. The Morgan fingerprint density at radius 1 is 0.743 bits per heavy atom. The summed E-state index contributed by atoms with van der Waals surface area (Å²) in [4.78, 5) is 28.0. The molecule has 0 aliphatic heterocycles. The van der Waals surface area contributed by atoms with Gasteiger partial charge < -0.3 is 0 Å². The number of carbonyl (C=O) groups excluding carboxylic acids is 2. The van der Waals surface area contributed by atoms with E-state index in [0.29, 0.717) is 29.2 Å². The molecule has 2 nitrogen and oxygen atoms in total. The molecule has 3 heteroatoms. The van der Waals surface area contributed by atoms with Gasteiger partial charge in [0, 0.05) is 34.8 Å². The second kappa shape index (κ2) is 9.47. The number of fused-ring (bicyclic) bond motifs is 2. The first-order valence-corrected chi connectivity index (χ1v) is 12.8. The molecule has 0 aromatic heterocycles. The topological polar surface area (TPSA) is 34.1 Å². The molecule has 0 fully saturated rings. The molecule has 0 spiro atoms. The predicted molar refractivity (Wildman–Crippen MR) is 147 cm³/mol. The molecule has 3 aromatic rings. The van der Waals surface area contributed by atoms with Gasteiger partial charge in [-0.3, -0.25) is 9.59 Å². The van der Waals surface area contributed by atoms with Gasteiger partial charge in [0.1, 0.15) is 0 Å². The van der Waals surface area contributed by atoms with Crippen LogP contribution in [-0.2, 0) is 28.9 Å². The van der Waals surface area contributed by atoms with Crippen LogP contribution in [0, 0.1) is 5.92 Å². The van der Waals surface area contributed by atoms with Gasteiger partial charge >= 0.3 is 0 Å². The van der Waals surface area contributed by atoms with Gasteiger partial charge in [-0.15, -0.1) is 12.6 Å². The highest BCUT2D eigenvalue weighted by Crippen LogP contribution is 2.46. The lowest BCUT2D eigenvalue weighted by Crippen LogP contribution is -2.27. The molecule has 2 aliphatic carbocycles. The van der Waals surface area contributed by atoms with Crippen molar-refractivity contribution in [3.63, 3.8) is 0 Å². The standard InChI is InChI=1S/C32H30O2S/c1-19(2)16-21-12-14-22(15-13-21)30(29-20(3)25-10-6-4-8-23(25)17-27(29)33)31-28(34)18-24-9-5-7-11-26(24)32(31)35/h4-15,19,30,35H,16-18H2,1-3H3. The van der Waals surface area contributed by atoms with E-state index in [1.54, 1.807) is 0 Å². The number of thiol groups is 1. The Kier molecular flexibility index (Phi) is 6.37. The number of ketones is 2. The summed E-state index contributed by atoms with van der Waals surface area (Å²) in [6.45, 7) is 6.43.